The third kappa shape index (κ3) is 2.68. The summed E-state index contributed by atoms with van der Waals surface area (Å²) in [6.07, 6.45) is 1.79. The molecule has 0 aliphatic rings. The monoisotopic (exact) mass is 328 g/mol. The number of nitrogens with zero attached hydrogens (tertiary/aromatic N) is 1. The number of anilines is 1. The molecule has 0 saturated carbocycles. The summed E-state index contributed by atoms with van der Waals surface area (Å²) in [6.45, 7) is 0. The number of carbonyl (C=O) groups excluding carboxylic acids is 1. The van der Waals surface area contributed by atoms with E-state index >= 15 is 0 Å². The molecule has 0 unspecified atom stereocenters. The normalized spacial score (nSPS) is 10.4. The van der Waals surface area contributed by atoms with E-state index in [2.05, 4.69) is 21.2 Å². The Labute approximate surface area is 117 Å². The summed E-state index contributed by atoms with van der Waals surface area (Å²) in [5.41, 5.74) is 0.961. The molecule has 94 valence electrons. The van der Waals surface area contributed by atoms with Crippen molar-refractivity contribution in [3.05, 3.63) is 45.7 Å². The van der Waals surface area contributed by atoms with E-state index in [1.165, 1.54) is 12.1 Å². The molecule has 2 N–H and O–H groups in total. The molecule has 1 heterocycles. The number of aromatic nitrogens is 1. The standard InChI is InChI=1S/C12H10BrClN2O2/c1-16-6-7(13)4-11(16)12(18)15-10-3-2-8(17)5-9(10)14/h2-6,17H,1H3,(H,15,18). The van der Waals surface area contributed by atoms with E-state index in [4.69, 9.17) is 11.6 Å². The molecule has 0 fully saturated rings. The number of phenols is 1. The molecule has 0 aliphatic carbocycles. The van der Waals surface area contributed by atoms with Gasteiger partial charge in [-0.3, -0.25) is 4.79 Å². The second kappa shape index (κ2) is 5.04. The van der Waals surface area contributed by atoms with Gasteiger partial charge in [0.05, 0.1) is 10.7 Å². The third-order valence-corrected chi connectivity index (χ3v) is 3.15. The summed E-state index contributed by atoms with van der Waals surface area (Å²) < 4.78 is 2.53. The van der Waals surface area contributed by atoms with Crippen LogP contribution in [0, 0.1) is 0 Å². The second-order valence-electron chi connectivity index (χ2n) is 3.77. The van der Waals surface area contributed by atoms with Crippen LogP contribution >= 0.6 is 27.5 Å². The summed E-state index contributed by atoms with van der Waals surface area (Å²) >= 11 is 9.22. The first-order valence-corrected chi connectivity index (χ1v) is 6.26. The maximum Gasteiger partial charge on any atom is 0.272 e. The number of halogens is 2. The molecular formula is C12H10BrClN2O2. The highest BCUT2D eigenvalue weighted by Gasteiger charge is 2.12. The molecular weight excluding hydrogens is 320 g/mol. The molecule has 0 radical (unpaired) electrons. The van der Waals surface area contributed by atoms with E-state index in [9.17, 15) is 9.90 Å². The fourth-order valence-corrected chi connectivity index (χ4v) is 2.29. The Morgan fingerprint density at radius 3 is 2.72 bits per heavy atom. The van der Waals surface area contributed by atoms with E-state index in [-0.39, 0.29) is 16.7 Å². The van der Waals surface area contributed by atoms with E-state index < -0.39 is 0 Å². The molecule has 1 aromatic carbocycles. The van der Waals surface area contributed by atoms with Crippen LogP contribution in [0.1, 0.15) is 10.5 Å². The van der Waals surface area contributed by atoms with Gasteiger partial charge in [0.25, 0.3) is 5.91 Å². The number of rotatable bonds is 2. The van der Waals surface area contributed by atoms with Crippen molar-refractivity contribution >= 4 is 39.1 Å². The second-order valence-corrected chi connectivity index (χ2v) is 5.10. The zero-order valence-corrected chi connectivity index (χ0v) is 11.8. The maximum absolute atomic E-state index is 12.0. The Bertz CT molecular complexity index is 610. The van der Waals surface area contributed by atoms with Crippen LogP contribution in [0.4, 0.5) is 5.69 Å². The van der Waals surface area contributed by atoms with Crippen molar-refractivity contribution in [2.24, 2.45) is 7.05 Å². The lowest BCUT2D eigenvalue weighted by molar-refractivity contribution is 0.101. The number of benzene rings is 1. The van der Waals surface area contributed by atoms with Gasteiger partial charge in [-0.2, -0.15) is 0 Å². The molecule has 0 bridgehead atoms. The van der Waals surface area contributed by atoms with Gasteiger partial charge < -0.3 is 15.0 Å². The highest BCUT2D eigenvalue weighted by atomic mass is 79.9. The Morgan fingerprint density at radius 1 is 1.44 bits per heavy atom. The minimum absolute atomic E-state index is 0.0552. The van der Waals surface area contributed by atoms with Crippen molar-refractivity contribution in [1.29, 1.82) is 0 Å². The zero-order valence-electron chi connectivity index (χ0n) is 9.45. The molecule has 0 aliphatic heterocycles. The van der Waals surface area contributed by atoms with Gasteiger partial charge >= 0.3 is 0 Å². The molecule has 4 nitrogen and oxygen atoms in total. The largest absolute Gasteiger partial charge is 0.508 e. The summed E-state index contributed by atoms with van der Waals surface area (Å²) in [5, 5.41) is 12.2. The predicted molar refractivity (Wildman–Crippen MR) is 74.2 cm³/mol. The first kappa shape index (κ1) is 13.0. The first-order valence-electron chi connectivity index (χ1n) is 5.09. The summed E-state index contributed by atoms with van der Waals surface area (Å²) in [7, 11) is 1.78. The van der Waals surface area contributed by atoms with Crippen molar-refractivity contribution in [2.45, 2.75) is 0 Å². The molecule has 1 aromatic heterocycles. The molecule has 1 amide bonds. The highest BCUT2D eigenvalue weighted by Crippen LogP contribution is 2.26. The van der Waals surface area contributed by atoms with Crippen molar-refractivity contribution in [3.8, 4) is 5.75 Å². The number of carbonyl (C=O) groups is 1. The number of hydrogen-bond acceptors (Lipinski definition) is 2. The lowest BCUT2D eigenvalue weighted by atomic mass is 10.3. The fraction of sp³-hybridized carbons (Fsp3) is 0.0833. The molecule has 0 spiro atoms. The summed E-state index contributed by atoms with van der Waals surface area (Å²) in [6, 6.07) is 6.09. The van der Waals surface area contributed by atoms with Crippen LogP contribution in [-0.4, -0.2) is 15.6 Å². The Kier molecular flexibility index (Phi) is 3.63. The maximum atomic E-state index is 12.0. The third-order valence-electron chi connectivity index (χ3n) is 2.41. The predicted octanol–water partition coefficient (Wildman–Crippen LogP) is 3.40. The van der Waals surface area contributed by atoms with E-state index in [0.29, 0.717) is 11.4 Å². The number of amides is 1. The molecule has 0 saturated heterocycles. The van der Waals surface area contributed by atoms with Crippen LogP contribution in [0.15, 0.2) is 34.9 Å². The minimum Gasteiger partial charge on any atom is -0.508 e. The van der Waals surface area contributed by atoms with Crippen LogP contribution < -0.4 is 5.32 Å². The van der Waals surface area contributed by atoms with Crippen molar-refractivity contribution in [2.75, 3.05) is 5.32 Å². The van der Waals surface area contributed by atoms with Gasteiger partial charge in [-0.25, -0.2) is 0 Å². The lowest BCUT2D eigenvalue weighted by Gasteiger charge is -2.08. The van der Waals surface area contributed by atoms with Gasteiger partial charge in [0.2, 0.25) is 0 Å². The van der Waals surface area contributed by atoms with Crippen molar-refractivity contribution < 1.29 is 9.90 Å². The van der Waals surface area contributed by atoms with Gasteiger partial charge in [0.15, 0.2) is 0 Å². The minimum atomic E-state index is -0.268. The SMILES string of the molecule is Cn1cc(Br)cc1C(=O)Nc1ccc(O)cc1Cl. The van der Waals surface area contributed by atoms with Gasteiger partial charge in [0, 0.05) is 23.8 Å². The average Bonchev–Trinajstić information content (AvgIpc) is 2.62. The Hall–Kier alpha value is -1.46. The van der Waals surface area contributed by atoms with Crippen molar-refractivity contribution in [3.63, 3.8) is 0 Å². The zero-order chi connectivity index (χ0) is 13.3. The van der Waals surface area contributed by atoms with Crippen LogP contribution in [0.2, 0.25) is 5.02 Å². The molecule has 0 atom stereocenters. The van der Waals surface area contributed by atoms with Gasteiger partial charge in [-0.05, 0) is 34.1 Å². The van der Waals surface area contributed by atoms with Crippen LogP contribution in [0.25, 0.3) is 0 Å². The number of phenolic OH excluding ortho intramolecular Hbond substituents is 1. The molecule has 6 heteroatoms. The van der Waals surface area contributed by atoms with Crippen LogP contribution in [0.3, 0.4) is 0 Å². The van der Waals surface area contributed by atoms with E-state index in [1.807, 2.05) is 0 Å². The van der Waals surface area contributed by atoms with Crippen LogP contribution in [0.5, 0.6) is 5.75 Å². The van der Waals surface area contributed by atoms with Gasteiger partial charge in [0.1, 0.15) is 11.4 Å². The number of aryl methyl sites for hydroxylation is 1. The number of aromatic hydroxyl groups is 1. The van der Waals surface area contributed by atoms with E-state index in [0.717, 1.165) is 4.47 Å². The topological polar surface area (TPSA) is 54.3 Å². The molecule has 18 heavy (non-hydrogen) atoms. The summed E-state index contributed by atoms with van der Waals surface area (Å²) in [4.78, 5) is 12.0. The Morgan fingerprint density at radius 2 is 2.17 bits per heavy atom. The smallest absolute Gasteiger partial charge is 0.272 e. The quantitative estimate of drug-likeness (QED) is 0.830. The van der Waals surface area contributed by atoms with Crippen molar-refractivity contribution in [1.82, 2.24) is 4.57 Å². The van der Waals surface area contributed by atoms with Gasteiger partial charge in [-0.1, -0.05) is 11.6 Å². The van der Waals surface area contributed by atoms with E-state index in [1.54, 1.807) is 29.9 Å². The number of nitrogens with one attached hydrogen (secondary N) is 1. The van der Waals surface area contributed by atoms with Crippen LogP contribution in [-0.2, 0) is 7.05 Å². The fourth-order valence-electron chi connectivity index (χ4n) is 1.54. The summed E-state index contributed by atoms with van der Waals surface area (Å²) in [5.74, 6) is -0.213. The molecule has 2 rings (SSSR count). The first-order chi connectivity index (χ1) is 8.47. The average molecular weight is 330 g/mol. The Balaban J connectivity index is 2.24. The lowest BCUT2D eigenvalue weighted by Crippen LogP contribution is -2.15. The highest BCUT2D eigenvalue weighted by molar-refractivity contribution is 9.10. The van der Waals surface area contributed by atoms with Gasteiger partial charge in [-0.15, -0.1) is 0 Å². The number of hydrogen-bond donors (Lipinski definition) is 2. The molecule has 2 aromatic rings.